The number of hydrogen-bond donors (Lipinski definition) is 2. The van der Waals surface area contributed by atoms with Gasteiger partial charge in [0.2, 0.25) is 11.8 Å². The smallest absolute Gasteiger partial charge is 0.428 e. The van der Waals surface area contributed by atoms with Gasteiger partial charge in [0.15, 0.2) is 6.61 Å². The normalized spacial score (nSPS) is 13.4. The Morgan fingerprint density at radius 2 is 1.76 bits per heavy atom. The minimum Gasteiger partial charge on any atom is -0.472 e. The molecule has 0 spiro atoms. The van der Waals surface area contributed by atoms with Crippen molar-refractivity contribution in [3.63, 3.8) is 0 Å². The fourth-order valence-corrected chi connectivity index (χ4v) is 4.22. The van der Waals surface area contributed by atoms with Crippen LogP contribution in [0.2, 0.25) is 0 Å². The maximum absolute atomic E-state index is 14.9. The Hall–Kier alpha value is -4.48. The lowest BCUT2D eigenvalue weighted by atomic mass is 9.76. The van der Waals surface area contributed by atoms with Crippen LogP contribution in [-0.4, -0.2) is 59.9 Å². The highest BCUT2D eigenvalue weighted by atomic mass is 19.3. The second-order valence-electron chi connectivity index (χ2n) is 10.3. The number of nitrogens with one attached hydrogen (secondary N) is 2. The van der Waals surface area contributed by atoms with Crippen LogP contribution in [0.25, 0.3) is 0 Å². The Labute approximate surface area is 243 Å². The Morgan fingerprint density at radius 3 is 2.43 bits per heavy atom. The lowest BCUT2D eigenvalue weighted by molar-refractivity contribution is -0.144. The van der Waals surface area contributed by atoms with E-state index in [4.69, 9.17) is 14.2 Å². The summed E-state index contributed by atoms with van der Waals surface area (Å²) < 4.78 is 45.1. The first-order valence-electron chi connectivity index (χ1n) is 13.4. The number of carbonyl (C=O) groups is 3. The highest BCUT2D eigenvalue weighted by Crippen LogP contribution is 2.35. The number of nitrogens with zero attached hydrogens (tertiary/aromatic N) is 2. The maximum atomic E-state index is 14.9. The summed E-state index contributed by atoms with van der Waals surface area (Å²) in [6.07, 6.45) is -0.118. The monoisotopic (exact) mass is 586 g/mol. The molecule has 10 nitrogen and oxygen atoms in total. The first kappa shape index (κ1) is 32.0. The van der Waals surface area contributed by atoms with E-state index in [2.05, 4.69) is 15.6 Å². The molecule has 3 rings (SSSR count). The summed E-state index contributed by atoms with van der Waals surface area (Å²) in [7, 11) is 2.61. The molecule has 0 aliphatic carbocycles. The van der Waals surface area contributed by atoms with Gasteiger partial charge in [-0.3, -0.25) is 15.0 Å². The van der Waals surface area contributed by atoms with E-state index in [1.807, 2.05) is 6.07 Å². The summed E-state index contributed by atoms with van der Waals surface area (Å²) in [4.78, 5) is 38.2. The summed E-state index contributed by atoms with van der Waals surface area (Å²) in [5.41, 5.74) is 2.90. The zero-order chi connectivity index (χ0) is 30.8. The first-order valence-corrected chi connectivity index (χ1v) is 13.4. The minimum absolute atomic E-state index is 0.0138. The molecule has 0 aliphatic rings. The van der Waals surface area contributed by atoms with E-state index in [9.17, 15) is 23.2 Å². The Morgan fingerprint density at radius 1 is 1.05 bits per heavy atom. The van der Waals surface area contributed by atoms with Gasteiger partial charge in [0.1, 0.15) is 6.61 Å². The molecule has 0 fully saturated rings. The molecule has 226 valence electrons. The predicted molar refractivity (Wildman–Crippen MR) is 149 cm³/mol. The number of methoxy groups -OCH3 is 1. The number of carbonyl (C=O) groups excluding carboxylic acids is 3. The van der Waals surface area contributed by atoms with Crippen LogP contribution in [0.1, 0.15) is 43.4 Å². The molecule has 12 heteroatoms. The van der Waals surface area contributed by atoms with Gasteiger partial charge in [0.05, 0.1) is 24.6 Å². The van der Waals surface area contributed by atoms with Gasteiger partial charge in [-0.2, -0.15) is 5.10 Å². The molecule has 2 N–H and O–H groups in total. The van der Waals surface area contributed by atoms with Crippen molar-refractivity contribution in [2.45, 2.75) is 51.1 Å². The molecule has 0 radical (unpaired) electrons. The van der Waals surface area contributed by atoms with Crippen LogP contribution in [0.3, 0.4) is 0 Å². The topological polar surface area (TPSA) is 123 Å². The van der Waals surface area contributed by atoms with E-state index in [0.717, 1.165) is 16.1 Å². The average Bonchev–Trinajstić information content (AvgIpc) is 3.52. The second-order valence-corrected chi connectivity index (χ2v) is 10.3. The Kier molecular flexibility index (Phi) is 11.0. The lowest BCUT2D eigenvalue weighted by Gasteiger charge is -2.32. The van der Waals surface area contributed by atoms with Gasteiger partial charge in [-0.05, 0) is 36.5 Å². The van der Waals surface area contributed by atoms with Crippen LogP contribution in [0.4, 0.5) is 13.6 Å². The predicted octanol–water partition coefficient (Wildman–Crippen LogP) is 4.81. The van der Waals surface area contributed by atoms with Gasteiger partial charge in [0.25, 0.3) is 5.92 Å². The number of rotatable bonds is 13. The van der Waals surface area contributed by atoms with E-state index in [0.29, 0.717) is 12.0 Å². The molecule has 0 bridgehead atoms. The average molecular weight is 587 g/mol. The third-order valence-electron chi connectivity index (χ3n) is 6.86. The summed E-state index contributed by atoms with van der Waals surface area (Å²) in [6, 6.07) is 17.2. The molecule has 0 saturated carbocycles. The zero-order valence-corrected chi connectivity index (χ0v) is 24.1. The Balaban J connectivity index is 1.78. The quantitative estimate of drug-likeness (QED) is 0.218. The fraction of sp³-hybridized carbons (Fsp3) is 0.400. The Bertz CT molecular complexity index is 1320. The molecule has 1 aromatic heterocycles. The van der Waals surface area contributed by atoms with Crippen molar-refractivity contribution in [1.29, 1.82) is 0 Å². The molecule has 1 heterocycles. The van der Waals surface area contributed by atoms with Gasteiger partial charge >= 0.3 is 12.1 Å². The number of amides is 2. The van der Waals surface area contributed by atoms with Crippen molar-refractivity contribution in [2.75, 3.05) is 20.8 Å². The molecule has 1 unspecified atom stereocenters. The highest BCUT2D eigenvalue weighted by molar-refractivity contribution is 5.89. The van der Waals surface area contributed by atoms with E-state index < -0.39 is 48.3 Å². The molecular weight excluding hydrogens is 550 g/mol. The number of H-pyrrole nitrogens is 1. The third kappa shape index (κ3) is 9.02. The second kappa shape index (κ2) is 14.4. The van der Waals surface area contributed by atoms with Crippen LogP contribution in [0.5, 0.6) is 5.88 Å². The van der Waals surface area contributed by atoms with Crippen molar-refractivity contribution in [1.82, 2.24) is 20.6 Å². The van der Waals surface area contributed by atoms with Gasteiger partial charge in [0, 0.05) is 19.5 Å². The minimum atomic E-state index is -3.29. The lowest BCUT2D eigenvalue weighted by Crippen LogP contribution is -2.51. The van der Waals surface area contributed by atoms with E-state index >= 15 is 0 Å². The van der Waals surface area contributed by atoms with Crippen LogP contribution in [0, 0.1) is 5.92 Å². The van der Waals surface area contributed by atoms with Crippen molar-refractivity contribution in [3.8, 4) is 5.88 Å². The summed E-state index contributed by atoms with van der Waals surface area (Å²) in [6.45, 7) is 2.30. The molecule has 2 aromatic carbocycles. The summed E-state index contributed by atoms with van der Waals surface area (Å²) >= 11 is 0. The van der Waals surface area contributed by atoms with Crippen LogP contribution in [0.15, 0.2) is 66.9 Å². The largest absolute Gasteiger partial charge is 0.472 e. The molecule has 3 aromatic rings. The highest BCUT2D eigenvalue weighted by Gasteiger charge is 2.41. The molecular formula is C30H36F2N4O6. The third-order valence-corrected chi connectivity index (χ3v) is 6.86. The van der Waals surface area contributed by atoms with E-state index in [-0.39, 0.29) is 18.9 Å². The van der Waals surface area contributed by atoms with Gasteiger partial charge in [-0.1, -0.05) is 61.5 Å². The number of benzene rings is 2. The van der Waals surface area contributed by atoms with Crippen molar-refractivity contribution in [2.24, 2.45) is 5.92 Å². The number of halogens is 2. The number of esters is 1. The van der Waals surface area contributed by atoms with Crippen molar-refractivity contribution in [3.05, 3.63) is 83.6 Å². The molecule has 0 saturated heterocycles. The SMILES string of the molecule is COC(=O)[C@@H](C)Cc1cccc(C(C)(CCC(F)(F)COc2ccn[nH]2)C(=O)NN(C)C(=O)OCc2ccccc2)c1. The number of alkyl halides is 2. The number of hydrazine groups is 1. The van der Waals surface area contributed by atoms with E-state index in [1.54, 1.807) is 55.5 Å². The molecule has 2 amide bonds. The maximum Gasteiger partial charge on any atom is 0.428 e. The fourth-order valence-electron chi connectivity index (χ4n) is 4.22. The number of hydrogen-bond acceptors (Lipinski definition) is 7. The summed E-state index contributed by atoms with van der Waals surface area (Å²) in [5.74, 6) is -4.74. The molecule has 42 heavy (non-hydrogen) atoms. The zero-order valence-electron chi connectivity index (χ0n) is 24.1. The van der Waals surface area contributed by atoms with E-state index in [1.165, 1.54) is 33.3 Å². The van der Waals surface area contributed by atoms with Crippen LogP contribution < -0.4 is 10.2 Å². The molecule has 2 atom stereocenters. The number of aromatic amines is 1. The number of aromatic nitrogens is 2. The molecule has 0 aliphatic heterocycles. The van der Waals surface area contributed by atoms with Crippen LogP contribution >= 0.6 is 0 Å². The first-order chi connectivity index (χ1) is 19.9. The van der Waals surface area contributed by atoms with Crippen molar-refractivity contribution >= 4 is 18.0 Å². The summed E-state index contributed by atoms with van der Waals surface area (Å²) in [5, 5.41) is 7.01. The van der Waals surface area contributed by atoms with Gasteiger partial charge < -0.3 is 14.2 Å². The van der Waals surface area contributed by atoms with Crippen LogP contribution in [-0.2, 0) is 37.5 Å². The van der Waals surface area contributed by atoms with Gasteiger partial charge in [-0.25, -0.2) is 23.7 Å². The number of ether oxygens (including phenoxy) is 3. The van der Waals surface area contributed by atoms with Crippen molar-refractivity contribution < 1.29 is 37.4 Å². The standard InChI is InChI=1S/C30H36F2N4O6/c1-21(26(37)40-4)17-23-11-8-12-24(18-23)29(2,14-15-30(31,32)20-42-25-13-16-33-34-25)27(38)35-36(3)28(39)41-19-22-9-6-5-7-10-22/h5-13,16,18,21H,14-15,17,19-20H2,1-4H3,(H,33,34)(H,35,38)/t21-,29?/m0/s1. The van der Waals surface area contributed by atoms with Gasteiger partial charge in [-0.15, -0.1) is 0 Å².